The normalized spacial score (nSPS) is 38.6. The van der Waals surface area contributed by atoms with Crippen molar-refractivity contribution in [2.24, 2.45) is 11.8 Å². The van der Waals surface area contributed by atoms with E-state index in [1.807, 2.05) is 0 Å². The molecule has 0 radical (unpaired) electrons. The van der Waals surface area contributed by atoms with Gasteiger partial charge in [-0.05, 0) is 77.3 Å². The van der Waals surface area contributed by atoms with Crippen LogP contribution in [0.4, 0.5) is 0 Å². The Bertz CT molecular complexity index is 250. The molecule has 2 heteroatoms. The Hall–Kier alpha value is -0.0800. The van der Waals surface area contributed by atoms with Crippen LogP contribution in [0.5, 0.6) is 0 Å². The summed E-state index contributed by atoms with van der Waals surface area (Å²) < 4.78 is 0. The Labute approximate surface area is 106 Å². The first kappa shape index (κ1) is 12.0. The minimum Gasteiger partial charge on any atom is -0.311 e. The quantitative estimate of drug-likeness (QED) is 0.789. The molecule has 1 N–H and O–H groups in total. The van der Waals surface area contributed by atoms with Crippen molar-refractivity contribution in [1.82, 2.24) is 10.2 Å². The molecule has 3 rings (SSSR count). The Balaban J connectivity index is 1.41. The molecule has 98 valence electrons. The second kappa shape index (κ2) is 4.89. The molecule has 2 saturated heterocycles. The van der Waals surface area contributed by atoms with Crippen LogP contribution in [0.15, 0.2) is 0 Å². The first-order chi connectivity index (χ1) is 8.22. The second-order valence-electron chi connectivity index (χ2n) is 6.82. The number of nitrogens with one attached hydrogen (secondary N) is 1. The van der Waals surface area contributed by atoms with Crippen LogP contribution in [-0.2, 0) is 0 Å². The summed E-state index contributed by atoms with van der Waals surface area (Å²) in [5.41, 5.74) is 0. The van der Waals surface area contributed by atoms with E-state index in [0.29, 0.717) is 0 Å². The molecule has 0 aromatic carbocycles. The lowest BCUT2D eigenvalue weighted by Gasteiger charge is -2.32. The summed E-state index contributed by atoms with van der Waals surface area (Å²) in [4.78, 5) is 2.61. The van der Waals surface area contributed by atoms with E-state index in [2.05, 4.69) is 24.2 Å². The Morgan fingerprint density at radius 2 is 1.76 bits per heavy atom. The van der Waals surface area contributed by atoms with Crippen LogP contribution < -0.4 is 5.32 Å². The van der Waals surface area contributed by atoms with E-state index in [1.165, 1.54) is 51.5 Å². The fourth-order valence-corrected chi connectivity index (χ4v) is 3.94. The van der Waals surface area contributed by atoms with Gasteiger partial charge >= 0.3 is 0 Å². The summed E-state index contributed by atoms with van der Waals surface area (Å²) in [6.07, 6.45) is 10.2. The molecule has 0 aromatic heterocycles. The highest BCUT2D eigenvalue weighted by atomic mass is 15.1. The number of hydrogen-bond acceptors (Lipinski definition) is 2. The highest BCUT2D eigenvalue weighted by Crippen LogP contribution is 2.36. The maximum absolute atomic E-state index is 3.75. The van der Waals surface area contributed by atoms with Gasteiger partial charge in [-0.3, -0.25) is 0 Å². The molecule has 2 nitrogen and oxygen atoms in total. The molecular formula is C15H28N2. The van der Waals surface area contributed by atoms with Gasteiger partial charge in [0.15, 0.2) is 0 Å². The van der Waals surface area contributed by atoms with Crippen molar-refractivity contribution >= 4 is 0 Å². The molecule has 3 unspecified atom stereocenters. The van der Waals surface area contributed by atoms with E-state index in [1.54, 1.807) is 0 Å². The van der Waals surface area contributed by atoms with Gasteiger partial charge in [0.05, 0.1) is 0 Å². The third-order valence-corrected chi connectivity index (χ3v) is 5.46. The van der Waals surface area contributed by atoms with Gasteiger partial charge in [-0.1, -0.05) is 0 Å². The minimum atomic E-state index is 0.827. The maximum atomic E-state index is 3.75. The summed E-state index contributed by atoms with van der Waals surface area (Å²) in [7, 11) is 2.33. The summed E-state index contributed by atoms with van der Waals surface area (Å²) >= 11 is 0. The Kier molecular flexibility index (Phi) is 3.45. The third kappa shape index (κ3) is 2.85. The third-order valence-electron chi connectivity index (χ3n) is 5.46. The van der Waals surface area contributed by atoms with E-state index < -0.39 is 0 Å². The lowest BCUT2D eigenvalue weighted by molar-refractivity contribution is 0.196. The van der Waals surface area contributed by atoms with Gasteiger partial charge in [0.1, 0.15) is 0 Å². The fourth-order valence-electron chi connectivity index (χ4n) is 3.94. The maximum Gasteiger partial charge on any atom is 0.00921 e. The molecule has 2 aliphatic heterocycles. The first-order valence-electron chi connectivity index (χ1n) is 7.68. The second-order valence-corrected chi connectivity index (χ2v) is 6.82. The van der Waals surface area contributed by atoms with Gasteiger partial charge in [0, 0.05) is 18.1 Å². The van der Waals surface area contributed by atoms with Crippen LogP contribution in [0, 0.1) is 11.8 Å². The smallest absolute Gasteiger partial charge is 0.00921 e. The van der Waals surface area contributed by atoms with Crippen LogP contribution in [-0.4, -0.2) is 36.6 Å². The van der Waals surface area contributed by atoms with Crippen LogP contribution >= 0.6 is 0 Å². The van der Waals surface area contributed by atoms with E-state index in [4.69, 9.17) is 0 Å². The average molecular weight is 236 g/mol. The van der Waals surface area contributed by atoms with Crippen LogP contribution in [0.1, 0.15) is 51.9 Å². The highest BCUT2D eigenvalue weighted by Gasteiger charge is 2.34. The van der Waals surface area contributed by atoms with Crippen LogP contribution in [0.3, 0.4) is 0 Å². The molecule has 0 aromatic rings. The summed E-state index contributed by atoms with van der Waals surface area (Å²) in [6, 6.07) is 2.56. The molecule has 17 heavy (non-hydrogen) atoms. The number of piperidine rings is 1. The molecule has 1 saturated carbocycles. The van der Waals surface area contributed by atoms with Crippen molar-refractivity contribution in [2.45, 2.75) is 70.0 Å². The molecule has 3 atom stereocenters. The van der Waals surface area contributed by atoms with Gasteiger partial charge in [-0.15, -0.1) is 0 Å². The van der Waals surface area contributed by atoms with Crippen LogP contribution in [0.2, 0.25) is 0 Å². The Morgan fingerprint density at radius 3 is 2.35 bits per heavy atom. The summed E-state index contributed by atoms with van der Waals surface area (Å²) in [5, 5.41) is 3.75. The average Bonchev–Trinajstić information content (AvgIpc) is 3.12. The van der Waals surface area contributed by atoms with E-state index >= 15 is 0 Å². The SMILES string of the molecule is CC(C1CC1)N(C)CCC1CC2CCC(C1)N2. The number of nitrogens with zero attached hydrogens (tertiary/aromatic N) is 1. The topological polar surface area (TPSA) is 15.3 Å². The van der Waals surface area contributed by atoms with E-state index in [9.17, 15) is 0 Å². The fraction of sp³-hybridized carbons (Fsp3) is 1.00. The van der Waals surface area contributed by atoms with Crippen LogP contribution in [0.25, 0.3) is 0 Å². The predicted molar refractivity (Wildman–Crippen MR) is 72.1 cm³/mol. The van der Waals surface area contributed by atoms with Crippen molar-refractivity contribution in [3.05, 3.63) is 0 Å². The molecule has 2 heterocycles. The van der Waals surface area contributed by atoms with Crippen molar-refractivity contribution in [1.29, 1.82) is 0 Å². The van der Waals surface area contributed by atoms with E-state index in [-0.39, 0.29) is 0 Å². The molecule has 1 aliphatic carbocycles. The van der Waals surface area contributed by atoms with Gasteiger partial charge in [0.25, 0.3) is 0 Å². The first-order valence-corrected chi connectivity index (χ1v) is 7.68. The molecular weight excluding hydrogens is 208 g/mol. The zero-order valence-corrected chi connectivity index (χ0v) is 11.5. The van der Waals surface area contributed by atoms with Crippen molar-refractivity contribution in [3.8, 4) is 0 Å². The van der Waals surface area contributed by atoms with E-state index in [0.717, 1.165) is 30.0 Å². The van der Waals surface area contributed by atoms with Gasteiger partial charge < -0.3 is 10.2 Å². The van der Waals surface area contributed by atoms with Gasteiger partial charge in [-0.2, -0.15) is 0 Å². The number of rotatable bonds is 5. The van der Waals surface area contributed by atoms with Crippen molar-refractivity contribution in [2.75, 3.05) is 13.6 Å². The zero-order chi connectivity index (χ0) is 11.8. The lowest BCUT2D eigenvalue weighted by Crippen LogP contribution is -2.39. The Morgan fingerprint density at radius 1 is 1.12 bits per heavy atom. The summed E-state index contributed by atoms with van der Waals surface area (Å²) in [6.45, 7) is 3.74. The van der Waals surface area contributed by atoms with Crippen molar-refractivity contribution in [3.63, 3.8) is 0 Å². The molecule has 0 spiro atoms. The van der Waals surface area contributed by atoms with Crippen molar-refractivity contribution < 1.29 is 0 Å². The molecule has 0 amide bonds. The minimum absolute atomic E-state index is 0.827. The van der Waals surface area contributed by atoms with Gasteiger partial charge in [0.2, 0.25) is 0 Å². The standard InChI is InChI=1S/C15H28N2/c1-11(13-3-4-13)17(2)8-7-12-9-14-5-6-15(10-12)16-14/h11-16H,3-10H2,1-2H3. The number of fused-ring (bicyclic) bond motifs is 2. The number of hydrogen-bond donors (Lipinski definition) is 1. The summed E-state index contributed by atoms with van der Waals surface area (Å²) in [5.74, 6) is 2.02. The van der Waals surface area contributed by atoms with Gasteiger partial charge in [-0.25, -0.2) is 0 Å². The molecule has 2 bridgehead atoms. The predicted octanol–water partition coefficient (Wildman–Crippen LogP) is 2.64. The highest BCUT2D eigenvalue weighted by molar-refractivity contribution is 4.92. The molecule has 3 fully saturated rings. The zero-order valence-electron chi connectivity index (χ0n) is 11.5. The molecule has 3 aliphatic rings. The lowest BCUT2D eigenvalue weighted by atomic mass is 9.89. The largest absolute Gasteiger partial charge is 0.311 e. The monoisotopic (exact) mass is 236 g/mol.